The van der Waals surface area contributed by atoms with E-state index in [9.17, 15) is 4.79 Å². The van der Waals surface area contributed by atoms with Gasteiger partial charge in [0.05, 0.1) is 14.2 Å². The Labute approximate surface area is 94.8 Å². The van der Waals surface area contributed by atoms with Crippen molar-refractivity contribution in [2.24, 2.45) is 0 Å². The van der Waals surface area contributed by atoms with Crippen molar-refractivity contribution in [2.45, 2.75) is 12.8 Å². The second-order valence-corrected chi connectivity index (χ2v) is 3.29. The molecule has 1 aromatic carbocycles. The zero-order valence-electron chi connectivity index (χ0n) is 9.53. The maximum atomic E-state index is 11.9. The minimum absolute atomic E-state index is 0.00318. The van der Waals surface area contributed by atoms with Crippen LogP contribution in [-0.2, 0) is 0 Å². The van der Waals surface area contributed by atoms with Crippen molar-refractivity contribution in [1.82, 2.24) is 0 Å². The van der Waals surface area contributed by atoms with Gasteiger partial charge in [0.1, 0.15) is 17.1 Å². The van der Waals surface area contributed by atoms with E-state index in [1.54, 1.807) is 18.2 Å². The van der Waals surface area contributed by atoms with Gasteiger partial charge < -0.3 is 14.6 Å². The fraction of sp³-hybridized carbons (Fsp3) is 0.417. The molecule has 0 aromatic heterocycles. The van der Waals surface area contributed by atoms with E-state index in [1.807, 2.05) is 0 Å². The normalized spacial score (nSPS) is 9.94. The van der Waals surface area contributed by atoms with E-state index in [0.717, 1.165) is 0 Å². The third kappa shape index (κ3) is 2.73. The number of ketones is 1. The molecule has 0 aliphatic heterocycles. The fourth-order valence-corrected chi connectivity index (χ4v) is 1.49. The van der Waals surface area contributed by atoms with E-state index in [4.69, 9.17) is 14.6 Å². The Morgan fingerprint density at radius 3 is 2.25 bits per heavy atom. The van der Waals surface area contributed by atoms with Gasteiger partial charge in [-0.25, -0.2) is 0 Å². The molecule has 0 radical (unpaired) electrons. The van der Waals surface area contributed by atoms with Crippen molar-refractivity contribution in [3.63, 3.8) is 0 Å². The zero-order valence-corrected chi connectivity index (χ0v) is 9.53. The number of hydrogen-bond acceptors (Lipinski definition) is 4. The average Bonchev–Trinajstić information content (AvgIpc) is 2.34. The SMILES string of the molecule is COc1cccc(OC)c1C(=O)CCCO. The molecule has 0 atom stereocenters. The first-order chi connectivity index (χ1) is 7.74. The number of rotatable bonds is 6. The van der Waals surface area contributed by atoms with E-state index < -0.39 is 0 Å². The number of aliphatic hydroxyl groups is 1. The van der Waals surface area contributed by atoms with Gasteiger partial charge in [0.15, 0.2) is 5.78 Å². The zero-order chi connectivity index (χ0) is 12.0. The van der Waals surface area contributed by atoms with Gasteiger partial charge >= 0.3 is 0 Å². The highest BCUT2D eigenvalue weighted by Gasteiger charge is 2.17. The predicted octanol–water partition coefficient (Wildman–Crippen LogP) is 1.66. The highest BCUT2D eigenvalue weighted by molar-refractivity contribution is 6.01. The second-order valence-electron chi connectivity index (χ2n) is 3.29. The molecule has 1 rings (SSSR count). The highest BCUT2D eigenvalue weighted by Crippen LogP contribution is 2.29. The Kier molecular flexibility index (Phi) is 4.79. The van der Waals surface area contributed by atoms with Crippen molar-refractivity contribution < 1.29 is 19.4 Å². The molecule has 4 nitrogen and oxygen atoms in total. The number of hydrogen-bond donors (Lipinski definition) is 1. The molecule has 0 unspecified atom stereocenters. The summed E-state index contributed by atoms with van der Waals surface area (Å²) in [6, 6.07) is 5.20. The number of Topliss-reactive ketones (excluding diaryl/α,β-unsaturated/α-hetero) is 1. The lowest BCUT2D eigenvalue weighted by Crippen LogP contribution is -2.05. The summed E-state index contributed by atoms with van der Waals surface area (Å²) in [5.74, 6) is 0.924. The Hall–Kier alpha value is -1.55. The summed E-state index contributed by atoms with van der Waals surface area (Å²) in [5.41, 5.74) is 0.445. The van der Waals surface area contributed by atoms with Gasteiger partial charge in [-0.15, -0.1) is 0 Å². The number of ether oxygens (including phenoxy) is 2. The molecule has 0 amide bonds. The van der Waals surface area contributed by atoms with Crippen LogP contribution in [0.4, 0.5) is 0 Å². The summed E-state index contributed by atoms with van der Waals surface area (Å²) in [6.45, 7) is 0.00318. The predicted molar refractivity (Wildman–Crippen MR) is 60.2 cm³/mol. The molecular formula is C12H16O4. The van der Waals surface area contributed by atoms with Gasteiger partial charge in [0.2, 0.25) is 0 Å². The van der Waals surface area contributed by atoms with Crippen molar-refractivity contribution >= 4 is 5.78 Å². The van der Waals surface area contributed by atoms with Crippen molar-refractivity contribution in [3.05, 3.63) is 23.8 Å². The largest absolute Gasteiger partial charge is 0.496 e. The molecule has 4 heteroatoms. The smallest absolute Gasteiger partial charge is 0.170 e. The summed E-state index contributed by atoms with van der Waals surface area (Å²) in [6.07, 6.45) is 0.729. The molecule has 0 aliphatic rings. The van der Waals surface area contributed by atoms with Gasteiger partial charge in [-0.1, -0.05) is 6.07 Å². The van der Waals surface area contributed by atoms with Crippen molar-refractivity contribution in [1.29, 1.82) is 0 Å². The lowest BCUT2D eigenvalue weighted by Gasteiger charge is -2.11. The van der Waals surface area contributed by atoms with E-state index >= 15 is 0 Å². The molecule has 0 aliphatic carbocycles. The Morgan fingerprint density at radius 2 is 1.81 bits per heavy atom. The minimum Gasteiger partial charge on any atom is -0.496 e. The number of aliphatic hydroxyl groups excluding tert-OH is 1. The van der Waals surface area contributed by atoms with Crippen LogP contribution in [0.2, 0.25) is 0 Å². The van der Waals surface area contributed by atoms with Crippen LogP contribution in [0, 0.1) is 0 Å². The molecule has 0 saturated carbocycles. The van der Waals surface area contributed by atoms with Crippen LogP contribution in [0.1, 0.15) is 23.2 Å². The molecule has 0 saturated heterocycles. The standard InChI is InChI=1S/C12H16O4/c1-15-10-6-3-7-11(16-2)12(10)9(14)5-4-8-13/h3,6-7,13H,4-5,8H2,1-2H3. The van der Waals surface area contributed by atoms with E-state index in [2.05, 4.69) is 0 Å². The Balaban J connectivity index is 3.03. The van der Waals surface area contributed by atoms with Gasteiger partial charge in [-0.2, -0.15) is 0 Å². The van der Waals surface area contributed by atoms with Gasteiger partial charge in [-0.05, 0) is 18.6 Å². The molecular weight excluding hydrogens is 208 g/mol. The first-order valence-corrected chi connectivity index (χ1v) is 5.09. The minimum atomic E-state index is -0.0802. The van der Waals surface area contributed by atoms with Crippen molar-refractivity contribution in [2.75, 3.05) is 20.8 Å². The molecule has 0 spiro atoms. The molecule has 16 heavy (non-hydrogen) atoms. The van der Waals surface area contributed by atoms with Crippen LogP contribution in [0.5, 0.6) is 11.5 Å². The second kappa shape index (κ2) is 6.12. The van der Waals surface area contributed by atoms with Crippen LogP contribution in [0.15, 0.2) is 18.2 Å². The van der Waals surface area contributed by atoms with Crippen LogP contribution in [0.3, 0.4) is 0 Å². The molecule has 0 heterocycles. The average molecular weight is 224 g/mol. The topological polar surface area (TPSA) is 55.8 Å². The molecule has 0 bridgehead atoms. The van der Waals surface area contributed by atoms with E-state index in [-0.39, 0.29) is 18.8 Å². The van der Waals surface area contributed by atoms with E-state index in [1.165, 1.54) is 14.2 Å². The summed E-state index contributed by atoms with van der Waals surface area (Å²) in [7, 11) is 3.02. The van der Waals surface area contributed by atoms with Crippen LogP contribution < -0.4 is 9.47 Å². The fourth-order valence-electron chi connectivity index (χ4n) is 1.49. The third-order valence-electron chi connectivity index (χ3n) is 2.27. The highest BCUT2D eigenvalue weighted by atomic mass is 16.5. The number of methoxy groups -OCH3 is 2. The lowest BCUT2D eigenvalue weighted by atomic mass is 10.0. The maximum Gasteiger partial charge on any atom is 0.170 e. The monoisotopic (exact) mass is 224 g/mol. The van der Waals surface area contributed by atoms with Crippen LogP contribution in [0.25, 0.3) is 0 Å². The van der Waals surface area contributed by atoms with Gasteiger partial charge in [0.25, 0.3) is 0 Å². The summed E-state index contributed by atoms with van der Waals surface area (Å²) < 4.78 is 10.3. The molecule has 88 valence electrons. The Bertz CT molecular complexity index is 338. The molecule has 1 N–H and O–H groups in total. The first-order valence-electron chi connectivity index (χ1n) is 5.09. The maximum absolute atomic E-state index is 11.9. The number of benzene rings is 1. The number of carbonyl (C=O) groups is 1. The quantitative estimate of drug-likeness (QED) is 0.746. The van der Waals surface area contributed by atoms with Gasteiger partial charge in [0, 0.05) is 13.0 Å². The van der Waals surface area contributed by atoms with Crippen LogP contribution >= 0.6 is 0 Å². The molecule has 0 fully saturated rings. The number of carbonyl (C=O) groups excluding carboxylic acids is 1. The van der Waals surface area contributed by atoms with Crippen LogP contribution in [-0.4, -0.2) is 31.7 Å². The molecule has 1 aromatic rings. The Morgan fingerprint density at radius 1 is 1.25 bits per heavy atom. The first kappa shape index (κ1) is 12.5. The van der Waals surface area contributed by atoms with Crippen molar-refractivity contribution in [3.8, 4) is 11.5 Å². The van der Waals surface area contributed by atoms with E-state index in [0.29, 0.717) is 23.5 Å². The summed E-state index contributed by atoms with van der Waals surface area (Å²) in [5, 5.41) is 8.70. The lowest BCUT2D eigenvalue weighted by molar-refractivity contribution is 0.0965. The van der Waals surface area contributed by atoms with Gasteiger partial charge in [-0.3, -0.25) is 4.79 Å². The summed E-state index contributed by atoms with van der Waals surface area (Å²) in [4.78, 5) is 11.9. The third-order valence-corrected chi connectivity index (χ3v) is 2.27. The summed E-state index contributed by atoms with van der Waals surface area (Å²) >= 11 is 0.